The minimum absolute atomic E-state index is 0.0383. The Bertz CT molecular complexity index is 961. The van der Waals surface area contributed by atoms with E-state index in [1.54, 1.807) is 33.0 Å². The highest BCUT2D eigenvalue weighted by Crippen LogP contribution is 2.26. The number of hydrogen-bond acceptors (Lipinski definition) is 5. The van der Waals surface area contributed by atoms with Gasteiger partial charge in [0.15, 0.2) is 0 Å². The number of nitrogens with zero attached hydrogens (tertiary/aromatic N) is 3. The van der Waals surface area contributed by atoms with E-state index in [0.29, 0.717) is 12.2 Å². The van der Waals surface area contributed by atoms with Gasteiger partial charge < -0.3 is 14.7 Å². The SMILES string of the molecule is CN1C(=O)N(CC(O)COc2ccc(-c3ccc(CC#N)cc3)cc2)C(=O)C1(C)C. The first kappa shape index (κ1) is 21.3. The minimum atomic E-state index is -0.993. The maximum Gasteiger partial charge on any atom is 0.327 e. The molecule has 0 bridgehead atoms. The smallest absolute Gasteiger partial charge is 0.327 e. The number of amides is 3. The predicted octanol–water partition coefficient (Wildman–Crippen LogP) is 2.83. The molecule has 0 spiro atoms. The van der Waals surface area contributed by atoms with Crippen LogP contribution in [0.4, 0.5) is 4.79 Å². The zero-order chi connectivity index (χ0) is 21.9. The molecule has 2 aromatic rings. The highest BCUT2D eigenvalue weighted by Gasteiger charge is 2.49. The number of imide groups is 1. The van der Waals surface area contributed by atoms with Crippen molar-refractivity contribution in [1.82, 2.24) is 9.80 Å². The van der Waals surface area contributed by atoms with Crippen LogP contribution in [-0.4, -0.2) is 58.7 Å². The monoisotopic (exact) mass is 407 g/mol. The third-order valence-electron chi connectivity index (χ3n) is 5.39. The van der Waals surface area contributed by atoms with E-state index in [2.05, 4.69) is 6.07 Å². The van der Waals surface area contributed by atoms with E-state index in [0.717, 1.165) is 21.6 Å². The molecule has 0 aromatic heterocycles. The van der Waals surface area contributed by atoms with E-state index >= 15 is 0 Å². The minimum Gasteiger partial charge on any atom is -0.491 e. The Hall–Kier alpha value is -3.37. The highest BCUT2D eigenvalue weighted by atomic mass is 16.5. The van der Waals surface area contributed by atoms with E-state index in [1.165, 1.54) is 4.90 Å². The van der Waals surface area contributed by atoms with Crippen molar-refractivity contribution in [3.8, 4) is 22.9 Å². The highest BCUT2D eigenvalue weighted by molar-refractivity contribution is 6.06. The molecule has 1 N–H and O–H groups in total. The molecule has 30 heavy (non-hydrogen) atoms. The Morgan fingerprint density at radius 2 is 1.63 bits per heavy atom. The van der Waals surface area contributed by atoms with Crippen molar-refractivity contribution >= 4 is 11.9 Å². The molecule has 1 aliphatic heterocycles. The number of carbonyl (C=O) groups excluding carboxylic acids is 2. The molecule has 3 rings (SSSR count). The zero-order valence-electron chi connectivity index (χ0n) is 17.3. The number of urea groups is 1. The van der Waals surface area contributed by atoms with Crippen molar-refractivity contribution in [3.05, 3.63) is 54.1 Å². The Morgan fingerprint density at radius 3 is 2.13 bits per heavy atom. The Kier molecular flexibility index (Phi) is 6.09. The molecule has 1 saturated heterocycles. The summed E-state index contributed by atoms with van der Waals surface area (Å²) in [6, 6.07) is 16.9. The fourth-order valence-corrected chi connectivity index (χ4v) is 3.25. The van der Waals surface area contributed by atoms with Gasteiger partial charge in [0.2, 0.25) is 0 Å². The van der Waals surface area contributed by atoms with Crippen LogP contribution in [0.15, 0.2) is 48.5 Å². The molecule has 0 aliphatic carbocycles. The molecule has 1 aliphatic rings. The number of ether oxygens (including phenoxy) is 1. The maximum atomic E-state index is 12.4. The second kappa shape index (κ2) is 8.56. The zero-order valence-corrected chi connectivity index (χ0v) is 17.3. The van der Waals surface area contributed by atoms with Crippen molar-refractivity contribution in [3.63, 3.8) is 0 Å². The summed E-state index contributed by atoms with van der Waals surface area (Å²) < 4.78 is 5.62. The summed E-state index contributed by atoms with van der Waals surface area (Å²) >= 11 is 0. The summed E-state index contributed by atoms with van der Waals surface area (Å²) in [5.41, 5.74) is 2.09. The van der Waals surface area contributed by atoms with Crippen LogP contribution in [0.25, 0.3) is 11.1 Å². The van der Waals surface area contributed by atoms with Crippen LogP contribution in [0.2, 0.25) is 0 Å². The first-order valence-corrected chi connectivity index (χ1v) is 9.71. The van der Waals surface area contributed by atoms with Gasteiger partial charge in [0.25, 0.3) is 5.91 Å². The molecule has 2 aromatic carbocycles. The number of nitriles is 1. The van der Waals surface area contributed by atoms with Gasteiger partial charge in [0.05, 0.1) is 19.0 Å². The third kappa shape index (κ3) is 4.29. The maximum absolute atomic E-state index is 12.4. The van der Waals surface area contributed by atoms with Gasteiger partial charge in [0, 0.05) is 7.05 Å². The van der Waals surface area contributed by atoms with Crippen LogP contribution in [0.5, 0.6) is 5.75 Å². The second-order valence-corrected chi connectivity index (χ2v) is 7.84. The quantitative estimate of drug-likeness (QED) is 0.713. The van der Waals surface area contributed by atoms with Crippen LogP contribution < -0.4 is 4.74 Å². The van der Waals surface area contributed by atoms with Crippen LogP contribution in [-0.2, 0) is 11.2 Å². The molecule has 7 nitrogen and oxygen atoms in total. The summed E-state index contributed by atoms with van der Waals surface area (Å²) in [4.78, 5) is 27.0. The number of rotatable bonds is 7. The molecular formula is C23H25N3O4. The summed E-state index contributed by atoms with van der Waals surface area (Å²) in [6.07, 6.45) is -0.606. The van der Waals surface area contributed by atoms with E-state index in [9.17, 15) is 14.7 Å². The second-order valence-electron chi connectivity index (χ2n) is 7.84. The number of aliphatic hydroxyl groups excluding tert-OH is 1. The molecule has 1 fully saturated rings. The van der Waals surface area contributed by atoms with Crippen molar-refractivity contribution in [2.45, 2.75) is 31.9 Å². The molecule has 3 amide bonds. The van der Waals surface area contributed by atoms with Crippen molar-refractivity contribution < 1.29 is 19.4 Å². The topological polar surface area (TPSA) is 93.9 Å². The van der Waals surface area contributed by atoms with Crippen LogP contribution in [0.3, 0.4) is 0 Å². The first-order valence-electron chi connectivity index (χ1n) is 9.71. The largest absolute Gasteiger partial charge is 0.491 e. The Balaban J connectivity index is 1.55. The number of benzene rings is 2. The number of carbonyl (C=O) groups is 2. The Morgan fingerprint density at radius 1 is 1.07 bits per heavy atom. The van der Waals surface area contributed by atoms with E-state index < -0.39 is 17.7 Å². The third-order valence-corrected chi connectivity index (χ3v) is 5.39. The van der Waals surface area contributed by atoms with Crippen LogP contribution in [0.1, 0.15) is 19.4 Å². The van der Waals surface area contributed by atoms with Gasteiger partial charge in [-0.25, -0.2) is 4.79 Å². The van der Waals surface area contributed by atoms with Gasteiger partial charge in [-0.3, -0.25) is 9.69 Å². The standard InChI is InChI=1S/C23H25N3O4/c1-23(2)21(28)26(22(29)25(23)3)14-19(27)15-30-20-10-8-18(9-11-20)17-6-4-16(5-7-17)12-13-24/h4-11,19,27H,12,14-15H2,1-3H3. The molecular weight excluding hydrogens is 382 g/mol. The van der Waals surface area contributed by atoms with Gasteiger partial charge in [-0.2, -0.15) is 5.26 Å². The Labute approximate surface area is 176 Å². The lowest BCUT2D eigenvalue weighted by atomic mass is 10.0. The lowest BCUT2D eigenvalue weighted by Crippen LogP contribution is -2.43. The van der Waals surface area contributed by atoms with E-state index in [1.807, 2.05) is 36.4 Å². The van der Waals surface area contributed by atoms with E-state index in [4.69, 9.17) is 10.00 Å². The van der Waals surface area contributed by atoms with Crippen LogP contribution >= 0.6 is 0 Å². The summed E-state index contributed by atoms with van der Waals surface area (Å²) in [7, 11) is 1.57. The number of hydrogen-bond donors (Lipinski definition) is 1. The van der Waals surface area contributed by atoms with Gasteiger partial charge in [0.1, 0.15) is 24.0 Å². The van der Waals surface area contributed by atoms with Gasteiger partial charge >= 0.3 is 6.03 Å². The van der Waals surface area contributed by atoms with Gasteiger partial charge in [-0.15, -0.1) is 0 Å². The number of aliphatic hydroxyl groups is 1. The molecule has 7 heteroatoms. The molecule has 1 heterocycles. The fraction of sp³-hybridized carbons (Fsp3) is 0.348. The number of β-amino-alcohol motifs (C(OH)–C–C–N with tert-alkyl or cyclic N) is 1. The van der Waals surface area contributed by atoms with E-state index in [-0.39, 0.29) is 19.1 Å². The molecule has 1 atom stereocenters. The lowest BCUT2D eigenvalue weighted by Gasteiger charge is -2.22. The average molecular weight is 407 g/mol. The van der Waals surface area contributed by atoms with Crippen molar-refractivity contribution in [2.24, 2.45) is 0 Å². The normalized spacial score (nSPS) is 16.5. The predicted molar refractivity (Wildman–Crippen MR) is 112 cm³/mol. The molecule has 156 valence electrons. The summed E-state index contributed by atoms with van der Waals surface area (Å²) in [5.74, 6) is 0.245. The molecule has 0 saturated carbocycles. The fourth-order valence-electron chi connectivity index (χ4n) is 3.25. The summed E-state index contributed by atoms with van der Waals surface area (Å²) in [5, 5.41) is 19.0. The summed E-state index contributed by atoms with van der Waals surface area (Å²) in [6.45, 7) is 3.20. The van der Waals surface area contributed by atoms with Gasteiger partial charge in [-0.1, -0.05) is 36.4 Å². The van der Waals surface area contributed by atoms with Crippen molar-refractivity contribution in [2.75, 3.05) is 20.2 Å². The molecule has 0 radical (unpaired) electrons. The number of likely N-dealkylation sites (N-methyl/N-ethyl adjacent to an activating group) is 1. The van der Waals surface area contributed by atoms with Crippen molar-refractivity contribution in [1.29, 1.82) is 5.26 Å². The molecule has 1 unspecified atom stereocenters. The first-order chi connectivity index (χ1) is 14.2. The lowest BCUT2D eigenvalue weighted by molar-refractivity contribution is -0.132. The average Bonchev–Trinajstić information content (AvgIpc) is 2.88. The van der Waals surface area contributed by atoms with Crippen LogP contribution in [0, 0.1) is 11.3 Å². The van der Waals surface area contributed by atoms with Gasteiger partial charge in [-0.05, 0) is 42.7 Å².